The summed E-state index contributed by atoms with van der Waals surface area (Å²) in [6, 6.07) is 23.3. The topological polar surface area (TPSA) is 21.3 Å². The molecule has 0 aliphatic rings. The van der Waals surface area contributed by atoms with Gasteiger partial charge < -0.3 is 10.1 Å². The molecule has 26 heavy (non-hydrogen) atoms. The Morgan fingerprint density at radius 3 is 2.38 bits per heavy atom. The summed E-state index contributed by atoms with van der Waals surface area (Å²) in [5.41, 5.74) is 2.47. The van der Waals surface area contributed by atoms with Gasteiger partial charge in [0.15, 0.2) is 0 Å². The maximum absolute atomic E-state index is 6.39. The molecule has 3 rings (SSSR count). The van der Waals surface area contributed by atoms with Crippen LogP contribution in [0.3, 0.4) is 0 Å². The molecule has 2 nitrogen and oxygen atoms in total. The van der Waals surface area contributed by atoms with E-state index < -0.39 is 0 Å². The molecule has 0 aliphatic carbocycles. The monoisotopic (exact) mass is 347 g/mol. The molecule has 2 unspecified atom stereocenters. The first-order valence-corrected chi connectivity index (χ1v) is 9.70. The van der Waals surface area contributed by atoms with Crippen LogP contribution in [-0.4, -0.2) is 12.6 Å². The van der Waals surface area contributed by atoms with E-state index in [-0.39, 0.29) is 6.10 Å². The Morgan fingerprint density at radius 2 is 1.58 bits per heavy atom. The third-order valence-corrected chi connectivity index (χ3v) is 5.12. The second-order valence-electron chi connectivity index (χ2n) is 6.90. The highest BCUT2D eigenvalue weighted by Gasteiger charge is 2.14. The van der Waals surface area contributed by atoms with Crippen molar-refractivity contribution in [3.63, 3.8) is 0 Å². The second-order valence-corrected chi connectivity index (χ2v) is 6.90. The zero-order valence-corrected chi connectivity index (χ0v) is 16.0. The van der Waals surface area contributed by atoms with Gasteiger partial charge in [-0.05, 0) is 41.8 Å². The van der Waals surface area contributed by atoms with Crippen molar-refractivity contribution in [2.24, 2.45) is 0 Å². The summed E-state index contributed by atoms with van der Waals surface area (Å²) in [6.45, 7) is 7.46. The van der Waals surface area contributed by atoms with Crippen LogP contribution in [0.2, 0.25) is 0 Å². The molecule has 0 saturated heterocycles. The van der Waals surface area contributed by atoms with Crippen LogP contribution in [0.25, 0.3) is 10.8 Å². The van der Waals surface area contributed by atoms with Gasteiger partial charge in [-0.15, -0.1) is 0 Å². The lowest BCUT2D eigenvalue weighted by atomic mass is 9.98. The summed E-state index contributed by atoms with van der Waals surface area (Å²) in [5.74, 6) is 1.53. The number of benzene rings is 3. The lowest BCUT2D eigenvalue weighted by molar-refractivity contribution is 0.207. The molecule has 3 aromatic rings. The fraction of sp³-hybridized carbons (Fsp3) is 0.333. The molecule has 0 aliphatic heterocycles. The van der Waals surface area contributed by atoms with Gasteiger partial charge in [0.25, 0.3) is 0 Å². The zero-order valence-electron chi connectivity index (χ0n) is 16.0. The zero-order chi connectivity index (χ0) is 18.4. The summed E-state index contributed by atoms with van der Waals surface area (Å²) in [4.78, 5) is 0. The molecule has 0 fully saturated rings. The predicted octanol–water partition coefficient (Wildman–Crippen LogP) is 6.62. The highest BCUT2D eigenvalue weighted by atomic mass is 16.5. The van der Waals surface area contributed by atoms with E-state index >= 15 is 0 Å². The second kappa shape index (κ2) is 8.75. The van der Waals surface area contributed by atoms with Gasteiger partial charge in [0.05, 0.1) is 6.54 Å². The van der Waals surface area contributed by atoms with E-state index in [4.69, 9.17) is 4.74 Å². The molecule has 0 heterocycles. The molecule has 2 atom stereocenters. The molecule has 2 heteroatoms. The Hall–Kier alpha value is -2.48. The van der Waals surface area contributed by atoms with E-state index in [1.165, 1.54) is 22.0 Å². The van der Waals surface area contributed by atoms with Gasteiger partial charge in [0.1, 0.15) is 11.9 Å². The summed E-state index contributed by atoms with van der Waals surface area (Å²) in [6.07, 6.45) is 2.22. The van der Waals surface area contributed by atoms with Crippen molar-refractivity contribution in [1.82, 2.24) is 0 Å². The Kier molecular flexibility index (Phi) is 6.17. The molecular formula is C24H29NO. The summed E-state index contributed by atoms with van der Waals surface area (Å²) < 4.78 is 6.39. The third kappa shape index (κ3) is 4.19. The molecule has 0 amide bonds. The molecule has 0 radical (unpaired) electrons. The van der Waals surface area contributed by atoms with Crippen LogP contribution in [0.5, 0.6) is 5.75 Å². The van der Waals surface area contributed by atoms with Gasteiger partial charge in [0.2, 0.25) is 0 Å². The van der Waals surface area contributed by atoms with Crippen LogP contribution < -0.4 is 10.1 Å². The van der Waals surface area contributed by atoms with Gasteiger partial charge in [0, 0.05) is 11.1 Å². The molecule has 0 bridgehead atoms. The van der Waals surface area contributed by atoms with Crippen LogP contribution in [-0.2, 0) is 0 Å². The normalized spacial score (nSPS) is 13.3. The molecular weight excluding hydrogens is 318 g/mol. The smallest absolute Gasteiger partial charge is 0.123 e. The number of nitrogens with one attached hydrogen (secondary N) is 1. The number of rotatable bonds is 8. The van der Waals surface area contributed by atoms with Gasteiger partial charge in [-0.1, -0.05) is 75.4 Å². The van der Waals surface area contributed by atoms with Crippen LogP contribution in [0.1, 0.15) is 45.1 Å². The maximum atomic E-state index is 6.39. The summed E-state index contributed by atoms with van der Waals surface area (Å²) >= 11 is 0. The summed E-state index contributed by atoms with van der Waals surface area (Å²) in [7, 11) is 0. The number of ether oxygens (including phenoxy) is 1. The lowest BCUT2D eigenvalue weighted by Gasteiger charge is -2.23. The van der Waals surface area contributed by atoms with Crippen LogP contribution in [0.15, 0.2) is 66.7 Å². The van der Waals surface area contributed by atoms with Gasteiger partial charge in [-0.3, -0.25) is 0 Å². The first-order valence-electron chi connectivity index (χ1n) is 9.70. The van der Waals surface area contributed by atoms with E-state index in [1.807, 2.05) is 0 Å². The van der Waals surface area contributed by atoms with Crippen molar-refractivity contribution in [2.75, 3.05) is 11.9 Å². The van der Waals surface area contributed by atoms with Crippen LogP contribution >= 0.6 is 0 Å². The number of hydrogen-bond donors (Lipinski definition) is 1. The molecule has 136 valence electrons. The quantitative estimate of drug-likeness (QED) is 0.494. The molecule has 0 saturated carbocycles. The first-order chi connectivity index (χ1) is 12.7. The highest BCUT2D eigenvalue weighted by Crippen LogP contribution is 2.30. The van der Waals surface area contributed by atoms with Crippen LogP contribution in [0, 0.1) is 0 Å². The van der Waals surface area contributed by atoms with E-state index in [0.717, 1.165) is 25.1 Å². The maximum Gasteiger partial charge on any atom is 0.123 e. The van der Waals surface area contributed by atoms with E-state index in [9.17, 15) is 0 Å². The van der Waals surface area contributed by atoms with Gasteiger partial charge in [-0.2, -0.15) is 0 Å². The van der Waals surface area contributed by atoms with Crippen molar-refractivity contribution in [1.29, 1.82) is 0 Å². The van der Waals surface area contributed by atoms with E-state index in [2.05, 4.69) is 92.8 Å². The minimum absolute atomic E-state index is 0.138. The van der Waals surface area contributed by atoms with Crippen molar-refractivity contribution in [3.8, 4) is 5.75 Å². The average molecular weight is 348 g/mol. The lowest BCUT2D eigenvalue weighted by Crippen LogP contribution is -2.26. The Bertz CT molecular complexity index is 837. The SMILES string of the molecule is CCC(CNc1cccc2ccccc12)Oc1ccccc1C(C)CC. The molecule has 3 aromatic carbocycles. The number of fused-ring (bicyclic) bond motifs is 1. The number of hydrogen-bond acceptors (Lipinski definition) is 2. The van der Waals surface area contributed by atoms with Crippen molar-refractivity contribution in [3.05, 3.63) is 72.3 Å². The standard InChI is InChI=1S/C24H29NO/c1-4-18(3)21-13-8-9-16-24(21)26-20(5-2)17-25-23-15-10-12-19-11-6-7-14-22(19)23/h6-16,18,20,25H,4-5,17H2,1-3H3. The minimum Gasteiger partial charge on any atom is -0.488 e. The van der Waals surface area contributed by atoms with Crippen molar-refractivity contribution >= 4 is 16.5 Å². The number of anilines is 1. The Balaban J connectivity index is 1.73. The van der Waals surface area contributed by atoms with Crippen LogP contribution in [0.4, 0.5) is 5.69 Å². The average Bonchev–Trinajstić information content (AvgIpc) is 2.70. The Morgan fingerprint density at radius 1 is 0.846 bits per heavy atom. The van der Waals surface area contributed by atoms with Gasteiger partial charge in [-0.25, -0.2) is 0 Å². The minimum atomic E-state index is 0.138. The fourth-order valence-electron chi connectivity index (χ4n) is 3.27. The van der Waals surface area contributed by atoms with Crippen molar-refractivity contribution in [2.45, 2.75) is 45.6 Å². The fourth-order valence-corrected chi connectivity index (χ4v) is 3.27. The number of para-hydroxylation sites is 1. The van der Waals surface area contributed by atoms with E-state index in [1.54, 1.807) is 0 Å². The largest absolute Gasteiger partial charge is 0.488 e. The highest BCUT2D eigenvalue weighted by molar-refractivity contribution is 5.93. The van der Waals surface area contributed by atoms with Gasteiger partial charge >= 0.3 is 0 Å². The first kappa shape index (κ1) is 18.3. The third-order valence-electron chi connectivity index (χ3n) is 5.12. The van der Waals surface area contributed by atoms with E-state index in [0.29, 0.717) is 5.92 Å². The summed E-state index contributed by atoms with van der Waals surface area (Å²) in [5, 5.41) is 6.11. The Labute approximate surface area is 157 Å². The molecule has 0 aromatic heterocycles. The molecule has 0 spiro atoms. The van der Waals surface area contributed by atoms with Crippen molar-refractivity contribution < 1.29 is 4.74 Å². The molecule has 1 N–H and O–H groups in total. The predicted molar refractivity (Wildman–Crippen MR) is 112 cm³/mol.